The molecule has 27 heavy (non-hydrogen) atoms. The lowest BCUT2D eigenvalue weighted by Crippen LogP contribution is -2.40. The highest BCUT2D eigenvalue weighted by Crippen LogP contribution is 2.25. The lowest BCUT2D eigenvalue weighted by Gasteiger charge is -2.21. The number of thioether (sulfide) groups is 1. The molecule has 1 fully saturated rings. The van der Waals surface area contributed by atoms with Crippen molar-refractivity contribution in [3.63, 3.8) is 0 Å². The molecule has 1 atom stereocenters. The van der Waals surface area contributed by atoms with Gasteiger partial charge in [0.1, 0.15) is 0 Å². The van der Waals surface area contributed by atoms with Crippen LogP contribution < -0.4 is 5.32 Å². The molecular formula is C20H30IN5S. The number of aliphatic imine (C=N–C) groups is 1. The molecular weight excluding hydrogens is 469 g/mol. The highest BCUT2D eigenvalue weighted by Gasteiger charge is 2.24. The van der Waals surface area contributed by atoms with E-state index in [0.29, 0.717) is 0 Å². The molecule has 0 aliphatic carbocycles. The van der Waals surface area contributed by atoms with Gasteiger partial charge in [-0.15, -0.1) is 35.7 Å². The van der Waals surface area contributed by atoms with Crippen LogP contribution in [-0.2, 0) is 6.54 Å². The topological polar surface area (TPSA) is 45.5 Å². The van der Waals surface area contributed by atoms with E-state index in [0.717, 1.165) is 51.0 Å². The molecule has 0 bridgehead atoms. The first-order valence-corrected chi connectivity index (χ1v) is 10.5. The number of likely N-dealkylation sites (tertiary alicyclic amines) is 1. The minimum atomic E-state index is 0. The average Bonchev–Trinajstić information content (AvgIpc) is 3.35. The number of nitrogens with zero attached hydrogens (tertiary/aromatic N) is 4. The normalized spacial score (nSPS) is 17.0. The van der Waals surface area contributed by atoms with Crippen molar-refractivity contribution in [1.29, 1.82) is 0 Å². The molecule has 5 nitrogen and oxygen atoms in total. The number of hydrogen-bond acceptors (Lipinski definition) is 3. The zero-order valence-corrected chi connectivity index (χ0v) is 19.1. The second-order valence-corrected chi connectivity index (χ2v) is 7.68. The van der Waals surface area contributed by atoms with E-state index in [2.05, 4.69) is 52.6 Å². The van der Waals surface area contributed by atoms with Crippen molar-refractivity contribution >= 4 is 41.7 Å². The molecule has 1 aliphatic rings. The van der Waals surface area contributed by atoms with E-state index in [9.17, 15) is 0 Å². The van der Waals surface area contributed by atoms with Gasteiger partial charge in [-0.25, -0.2) is 0 Å². The summed E-state index contributed by atoms with van der Waals surface area (Å²) in [5.74, 6) is 2.98. The molecule has 0 radical (unpaired) electrons. The number of benzene rings is 1. The standard InChI is InChI=1S/C20H29N5S.HI/c1-2-21-20(22-11-6-13-25-14-7-12-23-25)24-15-10-18(16-24)17-26-19-8-4-3-5-9-19;/h3-5,7-9,12,14,18H,2,6,10-11,13,15-17H2,1H3,(H,21,22);1H. The molecule has 3 rings (SSSR count). The summed E-state index contributed by atoms with van der Waals surface area (Å²) in [4.78, 5) is 8.62. The highest BCUT2D eigenvalue weighted by molar-refractivity contribution is 14.0. The Hall–Kier alpha value is -1.22. The molecule has 0 saturated carbocycles. The molecule has 1 aromatic carbocycles. The van der Waals surface area contributed by atoms with E-state index < -0.39 is 0 Å². The zero-order chi connectivity index (χ0) is 18.0. The maximum Gasteiger partial charge on any atom is 0.193 e. The summed E-state index contributed by atoms with van der Waals surface area (Å²) in [7, 11) is 0. The fraction of sp³-hybridized carbons (Fsp3) is 0.500. The number of hydrogen-bond donors (Lipinski definition) is 1. The van der Waals surface area contributed by atoms with Crippen molar-refractivity contribution in [1.82, 2.24) is 20.0 Å². The largest absolute Gasteiger partial charge is 0.357 e. The fourth-order valence-corrected chi connectivity index (χ4v) is 4.22. The first-order chi connectivity index (χ1) is 12.8. The Kier molecular flexibility index (Phi) is 10.0. The summed E-state index contributed by atoms with van der Waals surface area (Å²) in [6.45, 7) is 7.01. The lowest BCUT2D eigenvalue weighted by molar-refractivity contribution is 0.473. The summed E-state index contributed by atoms with van der Waals surface area (Å²) in [6.07, 6.45) is 6.09. The van der Waals surface area contributed by atoms with Gasteiger partial charge in [-0.3, -0.25) is 9.67 Å². The second-order valence-electron chi connectivity index (χ2n) is 6.58. The average molecular weight is 499 g/mol. The fourth-order valence-electron chi connectivity index (χ4n) is 3.17. The number of aromatic nitrogens is 2. The molecule has 1 N–H and O–H groups in total. The van der Waals surface area contributed by atoms with Gasteiger partial charge in [-0.1, -0.05) is 18.2 Å². The van der Waals surface area contributed by atoms with Crippen LogP contribution in [0, 0.1) is 5.92 Å². The molecule has 148 valence electrons. The molecule has 1 saturated heterocycles. The first kappa shape index (κ1) is 22.1. The SMILES string of the molecule is CCNC(=NCCCn1cccn1)N1CCC(CSc2ccccc2)C1.I. The smallest absolute Gasteiger partial charge is 0.193 e. The Labute approximate surface area is 184 Å². The van der Waals surface area contributed by atoms with Gasteiger partial charge in [0.05, 0.1) is 0 Å². The third-order valence-electron chi connectivity index (χ3n) is 4.52. The lowest BCUT2D eigenvalue weighted by atomic mass is 10.2. The van der Waals surface area contributed by atoms with Gasteiger partial charge < -0.3 is 10.2 Å². The zero-order valence-electron chi connectivity index (χ0n) is 16.0. The van der Waals surface area contributed by atoms with Crippen LogP contribution in [0.3, 0.4) is 0 Å². The van der Waals surface area contributed by atoms with E-state index in [1.54, 1.807) is 0 Å². The number of aryl methyl sites for hydroxylation is 1. The number of guanidine groups is 1. The van der Waals surface area contributed by atoms with E-state index in [1.807, 2.05) is 34.9 Å². The van der Waals surface area contributed by atoms with Crippen LogP contribution in [0.25, 0.3) is 0 Å². The van der Waals surface area contributed by atoms with Gasteiger partial charge in [0.2, 0.25) is 0 Å². The molecule has 1 unspecified atom stereocenters. The van der Waals surface area contributed by atoms with Crippen LogP contribution in [-0.4, -0.2) is 52.6 Å². The molecule has 1 aliphatic heterocycles. The molecule has 2 heterocycles. The van der Waals surface area contributed by atoms with Crippen LogP contribution in [0.2, 0.25) is 0 Å². The third kappa shape index (κ3) is 7.37. The summed E-state index contributed by atoms with van der Waals surface area (Å²) in [5.41, 5.74) is 0. The van der Waals surface area contributed by atoms with Gasteiger partial charge in [0.25, 0.3) is 0 Å². The van der Waals surface area contributed by atoms with Crippen LogP contribution in [0.1, 0.15) is 19.8 Å². The molecule has 1 aromatic heterocycles. The van der Waals surface area contributed by atoms with Crippen molar-refractivity contribution in [2.45, 2.75) is 31.2 Å². The van der Waals surface area contributed by atoms with Crippen molar-refractivity contribution < 1.29 is 0 Å². The van der Waals surface area contributed by atoms with Crippen molar-refractivity contribution in [3.05, 3.63) is 48.8 Å². The van der Waals surface area contributed by atoms with Gasteiger partial charge in [0, 0.05) is 55.8 Å². The molecule has 7 heteroatoms. The van der Waals surface area contributed by atoms with Crippen LogP contribution in [0.5, 0.6) is 0 Å². The summed E-state index contributed by atoms with van der Waals surface area (Å²) in [5, 5.41) is 7.70. The third-order valence-corrected chi connectivity index (χ3v) is 5.76. The number of halogens is 1. The molecule has 2 aromatic rings. The van der Waals surface area contributed by atoms with Crippen molar-refractivity contribution in [2.75, 3.05) is 31.9 Å². The van der Waals surface area contributed by atoms with Crippen molar-refractivity contribution in [3.8, 4) is 0 Å². The van der Waals surface area contributed by atoms with E-state index in [1.165, 1.54) is 17.1 Å². The summed E-state index contributed by atoms with van der Waals surface area (Å²) >= 11 is 1.97. The second kappa shape index (κ2) is 12.3. The first-order valence-electron chi connectivity index (χ1n) is 9.53. The Bertz CT molecular complexity index is 662. The Balaban J connectivity index is 0.00000261. The van der Waals surface area contributed by atoms with Crippen LogP contribution in [0.15, 0.2) is 58.7 Å². The van der Waals surface area contributed by atoms with E-state index >= 15 is 0 Å². The van der Waals surface area contributed by atoms with Gasteiger partial charge in [0.15, 0.2) is 5.96 Å². The summed E-state index contributed by atoms with van der Waals surface area (Å²) in [6, 6.07) is 12.7. The monoisotopic (exact) mass is 499 g/mol. The minimum Gasteiger partial charge on any atom is -0.357 e. The Morgan fingerprint density at radius 2 is 2.15 bits per heavy atom. The quantitative estimate of drug-likeness (QED) is 0.196. The van der Waals surface area contributed by atoms with E-state index in [-0.39, 0.29) is 24.0 Å². The number of nitrogens with one attached hydrogen (secondary N) is 1. The van der Waals surface area contributed by atoms with Crippen LogP contribution >= 0.6 is 35.7 Å². The Morgan fingerprint density at radius 3 is 2.89 bits per heavy atom. The maximum atomic E-state index is 4.83. The highest BCUT2D eigenvalue weighted by atomic mass is 127. The molecule has 0 amide bonds. The predicted molar refractivity (Wildman–Crippen MR) is 125 cm³/mol. The minimum absolute atomic E-state index is 0. The number of rotatable bonds is 8. The van der Waals surface area contributed by atoms with E-state index in [4.69, 9.17) is 4.99 Å². The summed E-state index contributed by atoms with van der Waals surface area (Å²) < 4.78 is 1.97. The predicted octanol–water partition coefficient (Wildman–Crippen LogP) is 3.97. The van der Waals surface area contributed by atoms with Gasteiger partial charge in [-0.05, 0) is 43.9 Å². The maximum absolute atomic E-state index is 4.83. The Morgan fingerprint density at radius 1 is 1.30 bits per heavy atom. The van der Waals surface area contributed by atoms with Crippen molar-refractivity contribution in [2.24, 2.45) is 10.9 Å². The van der Waals surface area contributed by atoms with Gasteiger partial charge >= 0.3 is 0 Å². The molecule has 0 spiro atoms. The van der Waals surface area contributed by atoms with Gasteiger partial charge in [-0.2, -0.15) is 5.10 Å². The van der Waals surface area contributed by atoms with Crippen LogP contribution in [0.4, 0.5) is 0 Å².